The minimum absolute atomic E-state index is 0.263. The van der Waals surface area contributed by atoms with Gasteiger partial charge in [-0.1, -0.05) is 30.2 Å². The molecule has 1 N–H and O–H groups in total. The third kappa shape index (κ3) is 5.33. The van der Waals surface area contributed by atoms with E-state index >= 15 is 0 Å². The average molecular weight is 482 g/mol. The monoisotopic (exact) mass is 481 g/mol. The summed E-state index contributed by atoms with van der Waals surface area (Å²) in [4.78, 5) is 2.31. The minimum atomic E-state index is -4.34. The number of hydrogen-bond donors (Lipinski definition) is 1. The standard InChI is InChI=1S/C26H31ClF3NO2/c1-24(32,25(13-3-14-25)20-5-9-22(27)10-6-20)18-31-15-2-4-19(16-31)17-33-23-11-7-21(8-12-23)26(28,29)30/h5-12,19,32H,2-4,13-18H2,1H3/t19-,24+/m0/s1. The number of halogens is 4. The molecule has 0 bridgehead atoms. The molecule has 0 radical (unpaired) electrons. The van der Waals surface area contributed by atoms with Crippen molar-refractivity contribution in [1.29, 1.82) is 0 Å². The van der Waals surface area contributed by atoms with Gasteiger partial charge < -0.3 is 14.7 Å². The topological polar surface area (TPSA) is 32.7 Å². The first kappa shape index (κ1) is 24.4. The van der Waals surface area contributed by atoms with Crippen molar-refractivity contribution in [3.63, 3.8) is 0 Å². The van der Waals surface area contributed by atoms with Gasteiger partial charge in [-0.05, 0) is 81.1 Å². The highest BCUT2D eigenvalue weighted by Crippen LogP contribution is 2.51. The predicted octanol–water partition coefficient (Wildman–Crippen LogP) is 6.32. The molecule has 4 rings (SSSR count). The molecule has 2 atom stereocenters. The van der Waals surface area contributed by atoms with Crippen molar-refractivity contribution in [2.24, 2.45) is 5.92 Å². The van der Waals surface area contributed by atoms with E-state index in [0.717, 1.165) is 62.9 Å². The molecule has 0 amide bonds. The number of hydrogen-bond acceptors (Lipinski definition) is 3. The van der Waals surface area contributed by atoms with Crippen LogP contribution in [0.2, 0.25) is 5.02 Å². The van der Waals surface area contributed by atoms with Gasteiger partial charge in [0.05, 0.1) is 17.8 Å². The van der Waals surface area contributed by atoms with Gasteiger partial charge in [-0.2, -0.15) is 13.2 Å². The normalized spacial score (nSPS) is 22.9. The number of likely N-dealkylation sites (tertiary alicyclic amines) is 1. The first-order chi connectivity index (χ1) is 15.6. The van der Waals surface area contributed by atoms with Gasteiger partial charge in [-0.25, -0.2) is 0 Å². The number of piperidine rings is 1. The zero-order valence-electron chi connectivity index (χ0n) is 18.9. The highest BCUT2D eigenvalue weighted by Gasteiger charge is 2.53. The lowest BCUT2D eigenvalue weighted by atomic mass is 9.55. The molecule has 7 heteroatoms. The maximum absolute atomic E-state index is 12.7. The van der Waals surface area contributed by atoms with E-state index in [2.05, 4.69) is 4.90 Å². The molecule has 1 heterocycles. The van der Waals surface area contributed by atoms with Gasteiger partial charge in [-0.15, -0.1) is 0 Å². The summed E-state index contributed by atoms with van der Waals surface area (Å²) in [6, 6.07) is 12.7. The molecule has 3 nitrogen and oxygen atoms in total. The van der Waals surface area contributed by atoms with E-state index in [1.54, 1.807) is 0 Å². The number of nitrogens with zero attached hydrogens (tertiary/aromatic N) is 1. The number of alkyl halides is 3. The SMILES string of the molecule is C[C@@](O)(CN1CCC[C@H](COc2ccc(C(F)(F)F)cc2)C1)C1(c2ccc(Cl)cc2)CCC1. The Hall–Kier alpha value is -1.76. The first-order valence-electron chi connectivity index (χ1n) is 11.6. The molecular formula is C26H31ClF3NO2. The smallest absolute Gasteiger partial charge is 0.416 e. The van der Waals surface area contributed by atoms with Crippen molar-refractivity contribution in [3.05, 3.63) is 64.7 Å². The van der Waals surface area contributed by atoms with Crippen molar-refractivity contribution in [1.82, 2.24) is 4.90 Å². The van der Waals surface area contributed by atoms with Crippen LogP contribution in [0.3, 0.4) is 0 Å². The van der Waals surface area contributed by atoms with Gasteiger partial charge in [0.2, 0.25) is 0 Å². The molecule has 0 unspecified atom stereocenters. The fourth-order valence-electron chi connectivity index (χ4n) is 5.41. The summed E-state index contributed by atoms with van der Waals surface area (Å²) in [6.07, 6.45) is 0.671. The summed E-state index contributed by atoms with van der Waals surface area (Å²) in [7, 11) is 0. The van der Waals surface area contributed by atoms with Gasteiger partial charge in [0.15, 0.2) is 0 Å². The Morgan fingerprint density at radius 1 is 1.06 bits per heavy atom. The van der Waals surface area contributed by atoms with Gasteiger partial charge in [0.1, 0.15) is 5.75 Å². The predicted molar refractivity (Wildman–Crippen MR) is 124 cm³/mol. The van der Waals surface area contributed by atoms with Crippen LogP contribution < -0.4 is 4.74 Å². The molecule has 1 aliphatic carbocycles. The quantitative estimate of drug-likeness (QED) is 0.502. The van der Waals surface area contributed by atoms with Crippen LogP contribution in [0.4, 0.5) is 13.2 Å². The Labute approximate surface area is 198 Å². The second-order valence-electron chi connectivity index (χ2n) is 9.79. The van der Waals surface area contributed by atoms with Crippen LogP contribution in [-0.2, 0) is 11.6 Å². The van der Waals surface area contributed by atoms with Crippen LogP contribution in [0.5, 0.6) is 5.75 Å². The highest BCUT2D eigenvalue weighted by molar-refractivity contribution is 6.30. The molecule has 2 aliphatic rings. The lowest BCUT2D eigenvalue weighted by Crippen LogP contribution is -2.60. The summed E-state index contributed by atoms with van der Waals surface area (Å²) in [5, 5.41) is 12.3. The summed E-state index contributed by atoms with van der Waals surface area (Å²) in [5.74, 6) is 0.716. The summed E-state index contributed by atoms with van der Waals surface area (Å²) in [5.41, 5.74) is -0.676. The number of β-amino-alcohol motifs (C(OH)–C–C–N with tert-alkyl or cyclic N) is 1. The lowest BCUT2D eigenvalue weighted by Gasteiger charge is -2.54. The largest absolute Gasteiger partial charge is 0.493 e. The molecule has 1 saturated heterocycles. The van der Waals surface area contributed by atoms with Gasteiger partial charge in [0, 0.05) is 29.4 Å². The van der Waals surface area contributed by atoms with E-state index in [1.807, 2.05) is 31.2 Å². The second kappa shape index (κ2) is 9.47. The zero-order valence-corrected chi connectivity index (χ0v) is 19.6. The van der Waals surface area contributed by atoms with Crippen molar-refractivity contribution in [3.8, 4) is 5.75 Å². The lowest BCUT2D eigenvalue weighted by molar-refractivity contribution is -0.137. The van der Waals surface area contributed by atoms with Gasteiger partial charge >= 0.3 is 6.18 Å². The van der Waals surface area contributed by atoms with E-state index in [-0.39, 0.29) is 11.3 Å². The number of aliphatic hydroxyl groups is 1. The van der Waals surface area contributed by atoms with Crippen molar-refractivity contribution in [2.75, 3.05) is 26.2 Å². The number of benzene rings is 2. The highest BCUT2D eigenvalue weighted by atomic mass is 35.5. The fraction of sp³-hybridized carbons (Fsp3) is 0.538. The molecule has 1 saturated carbocycles. The molecule has 2 fully saturated rings. The average Bonchev–Trinajstić information content (AvgIpc) is 2.72. The van der Waals surface area contributed by atoms with Gasteiger partial charge in [-0.3, -0.25) is 0 Å². The summed E-state index contributed by atoms with van der Waals surface area (Å²) in [6.45, 7) is 4.69. The van der Waals surface area contributed by atoms with Crippen LogP contribution in [0, 0.1) is 5.92 Å². The minimum Gasteiger partial charge on any atom is -0.493 e. The van der Waals surface area contributed by atoms with E-state index in [9.17, 15) is 18.3 Å². The van der Waals surface area contributed by atoms with E-state index in [4.69, 9.17) is 16.3 Å². The molecular weight excluding hydrogens is 451 g/mol. The Morgan fingerprint density at radius 3 is 2.30 bits per heavy atom. The second-order valence-corrected chi connectivity index (χ2v) is 10.2. The van der Waals surface area contributed by atoms with Crippen molar-refractivity contribution < 1.29 is 23.0 Å². The Bertz CT molecular complexity index is 924. The van der Waals surface area contributed by atoms with E-state index in [1.165, 1.54) is 12.1 Å². The number of ether oxygens (including phenoxy) is 1. The molecule has 0 spiro atoms. The molecule has 2 aromatic carbocycles. The zero-order chi connectivity index (χ0) is 23.7. The van der Waals surface area contributed by atoms with Crippen LogP contribution in [0.1, 0.15) is 50.2 Å². The fourth-order valence-corrected chi connectivity index (χ4v) is 5.54. The van der Waals surface area contributed by atoms with Crippen LogP contribution >= 0.6 is 11.6 Å². The third-order valence-electron chi connectivity index (χ3n) is 7.44. The Morgan fingerprint density at radius 2 is 1.73 bits per heavy atom. The van der Waals surface area contributed by atoms with E-state index in [0.29, 0.717) is 23.9 Å². The third-order valence-corrected chi connectivity index (χ3v) is 7.69. The van der Waals surface area contributed by atoms with Crippen LogP contribution in [0.15, 0.2) is 48.5 Å². The first-order valence-corrected chi connectivity index (χ1v) is 12.0. The molecule has 33 heavy (non-hydrogen) atoms. The summed E-state index contributed by atoms with van der Waals surface area (Å²) < 4.78 is 44.0. The molecule has 1 aliphatic heterocycles. The Kier molecular flexibility index (Phi) is 7.00. The van der Waals surface area contributed by atoms with E-state index < -0.39 is 17.3 Å². The molecule has 2 aromatic rings. The number of rotatable bonds is 7. The van der Waals surface area contributed by atoms with Crippen molar-refractivity contribution in [2.45, 2.75) is 56.2 Å². The summed E-state index contributed by atoms with van der Waals surface area (Å²) >= 11 is 6.08. The van der Waals surface area contributed by atoms with Crippen molar-refractivity contribution >= 4 is 11.6 Å². The van der Waals surface area contributed by atoms with Crippen LogP contribution in [0.25, 0.3) is 0 Å². The van der Waals surface area contributed by atoms with Gasteiger partial charge in [0.25, 0.3) is 0 Å². The molecule has 0 aromatic heterocycles. The van der Waals surface area contributed by atoms with Crippen LogP contribution in [-0.4, -0.2) is 41.8 Å². The maximum atomic E-state index is 12.7. The maximum Gasteiger partial charge on any atom is 0.416 e. The Balaban J connectivity index is 1.35. The molecule has 180 valence electrons.